The monoisotopic (exact) mass is 2090 g/mol. The summed E-state index contributed by atoms with van der Waals surface area (Å²) in [7, 11) is -17.6. The van der Waals surface area contributed by atoms with Gasteiger partial charge in [-0.3, -0.25) is 9.52 Å². The molecule has 0 spiro atoms. The largest absolute Gasteiger partial charge is 0.392 e. The van der Waals surface area contributed by atoms with E-state index < -0.39 is 80.1 Å². The molecule has 4 aromatic heterocycles. The van der Waals surface area contributed by atoms with Crippen LogP contribution in [0.15, 0.2) is 181 Å². The minimum absolute atomic E-state index is 0.0115. The number of nitrogens with zero attached hydrogens (tertiary/aromatic N) is 8. The van der Waals surface area contributed by atoms with Gasteiger partial charge in [-0.25, -0.2) is 98.5 Å². The number of amides is 1. The molecule has 0 saturated heterocycles. The van der Waals surface area contributed by atoms with Crippen molar-refractivity contribution in [2.45, 2.75) is 268 Å². The van der Waals surface area contributed by atoms with Gasteiger partial charge in [0, 0.05) is 86.5 Å². The van der Waals surface area contributed by atoms with Gasteiger partial charge < -0.3 is 44.0 Å². The topological polar surface area (TPSA) is 412 Å². The summed E-state index contributed by atoms with van der Waals surface area (Å²) in [6.07, 6.45) is 35.0. The van der Waals surface area contributed by atoms with Crippen molar-refractivity contribution in [2.24, 2.45) is 92.7 Å². The van der Waals surface area contributed by atoms with Crippen LogP contribution in [-0.2, 0) is 54.9 Å². The molecule has 29 nitrogen and oxygen atoms in total. The molecule has 4 aliphatic heterocycles. The highest BCUT2D eigenvalue weighted by atomic mass is 32.2. The van der Waals surface area contributed by atoms with E-state index in [9.17, 15) is 76.1 Å². The van der Waals surface area contributed by atoms with E-state index in [2.05, 4.69) is 55.8 Å². The maximum Gasteiger partial charge on any atom is 0.240 e. The van der Waals surface area contributed by atoms with Gasteiger partial charge in [0.05, 0.1) is 149 Å². The number of fused-ring (bicyclic) bond motifs is 12. The molecule has 16 unspecified atom stereocenters. The first-order valence-electron chi connectivity index (χ1n) is 51.9. The Bertz CT molecular complexity index is 7390. The quantitative estimate of drug-likeness (QED) is 0.0225. The van der Waals surface area contributed by atoms with E-state index >= 15 is 8.78 Å². The summed E-state index contributed by atoms with van der Waals surface area (Å²) in [6, 6.07) is 30.8. The molecule has 16 bridgehead atoms. The van der Waals surface area contributed by atoms with Crippen LogP contribution >= 0.6 is 0 Å². The molecule has 0 radical (unpaired) electrons. The first-order valence-corrected chi connectivity index (χ1v) is 60.2. The van der Waals surface area contributed by atoms with Crippen LogP contribution in [0.25, 0.3) is 45.0 Å². The number of carbonyl (C=O) groups is 1. The molecule has 17 fully saturated rings. The second kappa shape index (κ2) is 35.9. The normalized spacial score (nSPS) is 33.7. The summed E-state index contributed by atoms with van der Waals surface area (Å²) < 4.78 is 208. The molecule has 38 heteroatoms. The van der Waals surface area contributed by atoms with E-state index in [-0.39, 0.29) is 156 Å². The number of nitrogens with one attached hydrogen (secondary N) is 6. The third kappa shape index (κ3) is 17.2. The summed E-state index contributed by atoms with van der Waals surface area (Å²) in [5.74, 6) is 2.25. The zero-order chi connectivity index (χ0) is 102. The van der Waals surface area contributed by atoms with Gasteiger partial charge in [0.25, 0.3) is 0 Å². The van der Waals surface area contributed by atoms with Crippen molar-refractivity contribution in [1.82, 2.24) is 57.1 Å². The Labute approximate surface area is 848 Å². The minimum Gasteiger partial charge on any atom is -0.392 e. The van der Waals surface area contributed by atoms with Gasteiger partial charge in [-0.15, -0.1) is 0 Å². The third-order valence-electron chi connectivity index (χ3n) is 38.4. The van der Waals surface area contributed by atoms with Crippen molar-refractivity contribution in [3.8, 4) is 45.0 Å². The predicted molar refractivity (Wildman–Crippen MR) is 539 cm³/mol. The van der Waals surface area contributed by atoms with Crippen molar-refractivity contribution in [3.63, 3.8) is 0 Å². The summed E-state index contributed by atoms with van der Waals surface area (Å²) in [4.78, 5) is 28.7. The zero-order valence-electron chi connectivity index (χ0n) is 81.8. The molecule has 776 valence electrons. The first kappa shape index (κ1) is 98.6. The summed E-state index contributed by atoms with van der Waals surface area (Å²) in [6.45, 7) is 3.46. The van der Waals surface area contributed by atoms with Crippen molar-refractivity contribution in [1.29, 1.82) is 0 Å². The number of imidazole rings is 4. The first-order chi connectivity index (χ1) is 69.5. The van der Waals surface area contributed by atoms with E-state index in [0.717, 1.165) is 193 Å². The lowest BCUT2D eigenvalue weighted by Gasteiger charge is -2.65. The smallest absolute Gasteiger partial charge is 0.240 e. The van der Waals surface area contributed by atoms with Crippen LogP contribution in [-0.4, -0.2) is 172 Å². The van der Waals surface area contributed by atoms with Crippen molar-refractivity contribution >= 4 is 67.4 Å². The highest BCUT2D eigenvalue weighted by Gasteiger charge is 2.66. The highest BCUT2D eigenvalue weighted by molar-refractivity contribution is 7.92. The molecule has 21 aliphatic rings. The Morgan fingerprint density at radius 2 is 0.671 bits per heavy atom. The number of hydrogen-bond acceptors (Lipinski definition) is 19. The van der Waals surface area contributed by atoms with Crippen LogP contribution in [0.3, 0.4) is 0 Å². The third-order valence-corrected chi connectivity index (χ3v) is 44.7. The summed E-state index contributed by atoms with van der Waals surface area (Å²) in [5.41, 5.74) is 8.78. The van der Waals surface area contributed by atoms with Crippen LogP contribution < -0.4 is 28.9 Å². The Morgan fingerprint density at radius 3 is 0.959 bits per heavy atom. The van der Waals surface area contributed by atoms with Crippen LogP contribution in [0.2, 0.25) is 0 Å². The lowest BCUT2D eigenvalue weighted by molar-refractivity contribution is -0.158. The molecular formula is C108H126F4N14O15S5. The van der Waals surface area contributed by atoms with Gasteiger partial charge >= 0.3 is 0 Å². The van der Waals surface area contributed by atoms with Gasteiger partial charge in [0.15, 0.2) is 0 Å². The number of aliphatic hydroxyl groups excluding tert-OH is 4. The Morgan fingerprint density at radius 1 is 0.384 bits per heavy atom. The van der Waals surface area contributed by atoms with Crippen LogP contribution in [0, 0.1) is 116 Å². The number of sulfonamides is 5. The summed E-state index contributed by atoms with van der Waals surface area (Å²) in [5, 5.41) is 49.4. The second-order valence-corrected chi connectivity index (χ2v) is 56.2. The maximum atomic E-state index is 15.0. The number of anilines is 2. The molecule has 6 aromatic carbocycles. The highest BCUT2D eigenvalue weighted by Crippen LogP contribution is 2.69. The number of aromatic nitrogens is 8. The molecule has 8 heterocycles. The minimum atomic E-state index is -3.83. The summed E-state index contributed by atoms with van der Waals surface area (Å²) >= 11 is 0. The van der Waals surface area contributed by atoms with Gasteiger partial charge in [-0.05, 0) is 339 Å². The number of halogens is 4. The molecule has 10 N–H and O–H groups in total. The molecular weight excluding hydrogens is 1970 g/mol. The standard InChI is InChI=1S/C30H33FN4O4S.C29H33FN4O5S2.C25H30FN3O3S.C24H30FN3O3S/c1-17(36)33-21-5-7-22(8-6-21)40(38,39)34-29-19-9-18-10-20(29)14-30(12-18,13-19)27(37)11-25-28-23(3-2-4-24(28)31)26-15-32-16-35(25)26;1-40(36,37)32-20-5-7-21(8-6-20)41(38,39)33-28-18-9-17-10-19(28)14-29(12-17,13-18)26(35)11-24-27-22(3-2-4-23(27)30)25-15-31-16-34(24)25;26-19-3-1-2-18-21-12-27-13-29(21)20(23(18)19)8-22(30)25-9-14-6-15(10-25)24(16(7-14)11-25)28-33(31,32)17-4-5-17;1-23(27-32(2,30)31)15-6-14-7-16(23)11-24(9-14,10-15)21(29)8-19-22-17(4-3-5-18(22)25)20-12-26-13-28(19)20/h2-8,15-16,18-20,25,27,29,34,37H,9-14H2,1H3,(H,33,36);2-8,15-19,24,26,28,32-33,35H,9-14H2,1H3;1-3,12-17,20,22,24,28,30H,4-11H2;3-5,12-16,19,21,27,29H,6-11H2,1-2H3. The van der Waals surface area contributed by atoms with Crippen LogP contribution in [0.4, 0.5) is 28.9 Å². The lowest BCUT2D eigenvalue weighted by atomic mass is 9.43. The van der Waals surface area contributed by atoms with E-state index in [1.165, 1.54) is 73.8 Å². The molecule has 17 aliphatic carbocycles. The molecule has 146 heavy (non-hydrogen) atoms. The van der Waals surface area contributed by atoms with Crippen molar-refractivity contribution in [3.05, 3.63) is 217 Å². The fourth-order valence-corrected chi connectivity index (χ4v) is 39.2. The average Bonchev–Trinajstić information content (AvgIpc) is 0.996. The van der Waals surface area contributed by atoms with E-state index in [0.29, 0.717) is 83.0 Å². The van der Waals surface area contributed by atoms with E-state index in [4.69, 9.17) is 0 Å². The second-order valence-electron chi connectivity index (χ2n) is 47.3. The number of hydrogen-bond donors (Lipinski definition) is 10. The Balaban J connectivity index is 0.000000105. The van der Waals surface area contributed by atoms with E-state index in [1.807, 2.05) is 42.5 Å². The van der Waals surface area contributed by atoms with Gasteiger partial charge in [0.1, 0.15) is 23.3 Å². The maximum absolute atomic E-state index is 15.0. The lowest BCUT2D eigenvalue weighted by Crippen LogP contribution is -2.68. The molecule has 16 atom stereocenters. The van der Waals surface area contributed by atoms with E-state index in [1.54, 1.807) is 86.5 Å². The number of benzene rings is 6. The van der Waals surface area contributed by atoms with Crippen LogP contribution in [0.5, 0.6) is 0 Å². The van der Waals surface area contributed by atoms with Crippen molar-refractivity contribution < 1.29 is 84.9 Å². The average molecular weight is 2100 g/mol. The zero-order valence-corrected chi connectivity index (χ0v) is 85.9. The van der Waals surface area contributed by atoms with Gasteiger partial charge in [-0.1, -0.05) is 48.5 Å². The van der Waals surface area contributed by atoms with Gasteiger partial charge in [0.2, 0.25) is 56.0 Å². The molecule has 17 saturated carbocycles. The fourth-order valence-electron chi connectivity index (χ4n) is 33.1. The molecule has 10 aromatic rings. The Kier molecular flexibility index (Phi) is 24.2. The fraction of sp³-hybridized carbons (Fsp3) is 0.546. The predicted octanol–water partition coefficient (Wildman–Crippen LogP) is 15.5. The number of aliphatic hydroxyl groups is 4. The Hall–Kier alpha value is -9.42. The van der Waals surface area contributed by atoms with Gasteiger partial charge in [-0.2, -0.15) is 0 Å². The number of carbonyl (C=O) groups excluding carboxylic acids is 1. The van der Waals surface area contributed by atoms with Crippen LogP contribution in [0.1, 0.15) is 227 Å². The SMILES string of the molecule is CC(=O)Nc1ccc(S(=O)(=O)NC2C3CC4CC2CC(C(O)CC2c5c(F)cccc5-c5cncn52)(C4)C3)cc1.CC1(NS(C)(=O)=O)C2CC3CC1CC(C(O)CC1c4c(F)cccc4-c4cncn41)(C3)C2.CS(=O)(=O)Nc1ccc(S(=O)(=O)NC2C3CC4CC2CC(C(O)CC2c5c(F)cccc5-c5cncn52)(C4)C3)cc1.O=S(=O)(NC1C2CC3CC1CC(C(O)CC1c4c(F)cccc4-c4cncn41)(C3)C2)C1CC1. The van der Waals surface area contributed by atoms with Crippen molar-refractivity contribution in [2.75, 3.05) is 22.6 Å². The molecule has 31 rings (SSSR count). The number of rotatable bonds is 26. The molecule has 1 amide bonds.